The van der Waals surface area contributed by atoms with Crippen molar-refractivity contribution in [2.24, 2.45) is 5.73 Å². The minimum absolute atomic E-state index is 0.000374. The van der Waals surface area contributed by atoms with E-state index in [1.165, 1.54) is 0 Å². The molecule has 0 atom stereocenters. The van der Waals surface area contributed by atoms with Crippen LogP contribution < -0.4 is 10.5 Å². The molecule has 0 aliphatic rings. The molecular formula is C22H21ClN2O4. The quantitative estimate of drug-likeness (QED) is 0.607. The molecule has 0 unspecified atom stereocenters. The van der Waals surface area contributed by atoms with Gasteiger partial charge in [0.1, 0.15) is 5.75 Å². The fourth-order valence-electron chi connectivity index (χ4n) is 3.34. The Balaban J connectivity index is 2.22. The number of benzene rings is 2. The zero-order valence-corrected chi connectivity index (χ0v) is 16.9. The molecule has 3 rings (SSSR count). The molecule has 0 radical (unpaired) electrons. The molecule has 3 aromatic rings. The van der Waals surface area contributed by atoms with Crippen LogP contribution in [0.1, 0.15) is 28.0 Å². The van der Waals surface area contributed by atoms with E-state index in [2.05, 4.69) is 0 Å². The normalized spacial score (nSPS) is 10.7. The minimum Gasteiger partial charge on any atom is -0.496 e. The summed E-state index contributed by atoms with van der Waals surface area (Å²) in [5.74, 6) is -0.768. The standard InChI is InChI=1S/C22H21ClN2O4/c1-13-11-14(22(24)28)3-8-18(13)25-16(6-10-21(26)27)5-9-19(25)17-7-4-15(23)12-20(17)29-2/h3-5,7-9,11-12H,6,10H2,1-2H3,(H2,24,28)(H,26,27). The average Bonchev–Trinajstić information content (AvgIpc) is 3.09. The Hall–Kier alpha value is -3.25. The molecule has 7 heteroatoms. The number of carboxylic acids is 1. The van der Waals surface area contributed by atoms with Gasteiger partial charge in [0.15, 0.2) is 0 Å². The maximum atomic E-state index is 11.5. The van der Waals surface area contributed by atoms with Gasteiger partial charge in [-0.15, -0.1) is 0 Å². The van der Waals surface area contributed by atoms with Crippen molar-refractivity contribution in [1.29, 1.82) is 0 Å². The molecule has 1 heterocycles. The van der Waals surface area contributed by atoms with Crippen LogP contribution in [-0.4, -0.2) is 28.7 Å². The maximum absolute atomic E-state index is 11.5. The fraction of sp³-hybridized carbons (Fsp3) is 0.182. The van der Waals surface area contributed by atoms with Crippen LogP contribution >= 0.6 is 11.6 Å². The first-order chi connectivity index (χ1) is 13.8. The molecule has 1 amide bonds. The van der Waals surface area contributed by atoms with Gasteiger partial charge in [-0.3, -0.25) is 9.59 Å². The lowest BCUT2D eigenvalue weighted by atomic mass is 10.1. The van der Waals surface area contributed by atoms with Crippen molar-refractivity contribution >= 4 is 23.5 Å². The molecule has 0 fully saturated rings. The second-order valence-corrected chi connectivity index (χ2v) is 7.09. The summed E-state index contributed by atoms with van der Waals surface area (Å²) >= 11 is 6.11. The zero-order chi connectivity index (χ0) is 21.1. The molecule has 3 N–H and O–H groups in total. The number of nitrogens with zero attached hydrogens (tertiary/aromatic N) is 1. The Morgan fingerprint density at radius 1 is 1.14 bits per heavy atom. The minimum atomic E-state index is -0.871. The molecular weight excluding hydrogens is 392 g/mol. The lowest BCUT2D eigenvalue weighted by Gasteiger charge is -2.18. The first kappa shape index (κ1) is 20.5. The number of halogens is 1. The van der Waals surface area contributed by atoms with Gasteiger partial charge in [0.05, 0.1) is 19.2 Å². The predicted octanol–water partition coefficient (Wildman–Crippen LogP) is 4.23. The molecule has 6 nitrogen and oxygen atoms in total. The van der Waals surface area contributed by atoms with Gasteiger partial charge in [0.2, 0.25) is 5.91 Å². The summed E-state index contributed by atoms with van der Waals surface area (Å²) in [5, 5.41) is 9.68. The molecule has 0 saturated heterocycles. The molecule has 0 saturated carbocycles. The number of aliphatic carboxylic acids is 1. The summed E-state index contributed by atoms with van der Waals surface area (Å²) in [6.45, 7) is 1.88. The van der Waals surface area contributed by atoms with Crippen LogP contribution in [0.2, 0.25) is 5.02 Å². The predicted molar refractivity (Wildman–Crippen MR) is 112 cm³/mol. The van der Waals surface area contributed by atoms with Gasteiger partial charge in [0, 0.05) is 27.5 Å². The highest BCUT2D eigenvalue weighted by Gasteiger charge is 2.18. The SMILES string of the molecule is COc1cc(Cl)ccc1-c1ccc(CCC(=O)O)n1-c1ccc(C(N)=O)cc1C. The molecule has 0 bridgehead atoms. The molecule has 0 spiro atoms. The highest BCUT2D eigenvalue weighted by molar-refractivity contribution is 6.30. The Morgan fingerprint density at radius 2 is 1.90 bits per heavy atom. The number of amides is 1. The summed E-state index contributed by atoms with van der Waals surface area (Å²) in [6, 6.07) is 14.4. The lowest BCUT2D eigenvalue weighted by molar-refractivity contribution is -0.136. The third-order valence-electron chi connectivity index (χ3n) is 4.72. The number of rotatable bonds is 7. The van der Waals surface area contributed by atoms with Gasteiger partial charge in [-0.1, -0.05) is 11.6 Å². The van der Waals surface area contributed by atoms with E-state index in [9.17, 15) is 9.59 Å². The van der Waals surface area contributed by atoms with E-state index in [-0.39, 0.29) is 6.42 Å². The molecule has 0 aliphatic carbocycles. The van der Waals surface area contributed by atoms with Gasteiger partial charge in [-0.25, -0.2) is 0 Å². The number of hydrogen-bond donors (Lipinski definition) is 2. The van der Waals surface area contributed by atoms with Gasteiger partial charge in [0.25, 0.3) is 0 Å². The van der Waals surface area contributed by atoms with Gasteiger partial charge < -0.3 is 20.1 Å². The number of nitrogens with two attached hydrogens (primary N) is 1. The van der Waals surface area contributed by atoms with Crippen LogP contribution in [0.3, 0.4) is 0 Å². The Labute approximate surface area is 173 Å². The highest BCUT2D eigenvalue weighted by Crippen LogP contribution is 2.36. The van der Waals surface area contributed by atoms with Crippen molar-refractivity contribution in [2.75, 3.05) is 7.11 Å². The molecule has 1 aromatic heterocycles. The molecule has 0 aliphatic heterocycles. The van der Waals surface area contributed by atoms with Crippen LogP contribution in [0.15, 0.2) is 48.5 Å². The van der Waals surface area contributed by atoms with E-state index in [1.54, 1.807) is 31.4 Å². The number of carbonyl (C=O) groups is 2. The number of methoxy groups -OCH3 is 1. The molecule has 29 heavy (non-hydrogen) atoms. The van der Waals surface area contributed by atoms with E-state index in [0.717, 1.165) is 28.2 Å². The number of aromatic nitrogens is 1. The number of ether oxygens (including phenoxy) is 1. The largest absolute Gasteiger partial charge is 0.496 e. The lowest BCUT2D eigenvalue weighted by Crippen LogP contribution is -2.12. The number of carbonyl (C=O) groups excluding carboxylic acids is 1. The summed E-state index contributed by atoms with van der Waals surface area (Å²) < 4.78 is 7.49. The summed E-state index contributed by atoms with van der Waals surface area (Å²) in [6.07, 6.45) is 0.349. The highest BCUT2D eigenvalue weighted by atomic mass is 35.5. The fourth-order valence-corrected chi connectivity index (χ4v) is 3.50. The van der Waals surface area contributed by atoms with E-state index < -0.39 is 11.9 Å². The van der Waals surface area contributed by atoms with Crippen molar-refractivity contribution in [3.8, 4) is 22.7 Å². The van der Waals surface area contributed by atoms with E-state index >= 15 is 0 Å². The Bertz CT molecular complexity index is 1090. The summed E-state index contributed by atoms with van der Waals surface area (Å²) in [4.78, 5) is 22.6. The van der Waals surface area contributed by atoms with Crippen LogP contribution in [0.5, 0.6) is 5.75 Å². The number of aryl methyl sites for hydroxylation is 2. The van der Waals surface area contributed by atoms with Crippen LogP contribution in [0, 0.1) is 6.92 Å². The maximum Gasteiger partial charge on any atom is 0.303 e. The Morgan fingerprint density at radius 3 is 2.52 bits per heavy atom. The van der Waals surface area contributed by atoms with Crippen molar-refractivity contribution in [2.45, 2.75) is 19.8 Å². The van der Waals surface area contributed by atoms with Crippen molar-refractivity contribution < 1.29 is 19.4 Å². The van der Waals surface area contributed by atoms with Gasteiger partial charge >= 0.3 is 5.97 Å². The first-order valence-corrected chi connectivity index (χ1v) is 9.36. The smallest absolute Gasteiger partial charge is 0.303 e. The van der Waals surface area contributed by atoms with Crippen molar-refractivity contribution in [3.05, 3.63) is 70.4 Å². The molecule has 2 aromatic carbocycles. The van der Waals surface area contributed by atoms with E-state index in [4.69, 9.17) is 27.2 Å². The number of primary amides is 1. The van der Waals surface area contributed by atoms with Gasteiger partial charge in [-0.2, -0.15) is 0 Å². The number of hydrogen-bond acceptors (Lipinski definition) is 3. The monoisotopic (exact) mass is 412 g/mol. The average molecular weight is 413 g/mol. The van der Waals surface area contributed by atoms with Crippen LogP contribution in [0.4, 0.5) is 0 Å². The summed E-state index contributed by atoms with van der Waals surface area (Å²) in [7, 11) is 1.57. The third-order valence-corrected chi connectivity index (χ3v) is 4.95. The first-order valence-electron chi connectivity index (χ1n) is 8.99. The second kappa shape index (κ2) is 8.41. The van der Waals surface area contributed by atoms with Crippen molar-refractivity contribution in [3.63, 3.8) is 0 Å². The summed E-state index contributed by atoms with van der Waals surface area (Å²) in [5.41, 5.74) is 9.94. The van der Waals surface area contributed by atoms with Crippen molar-refractivity contribution in [1.82, 2.24) is 4.57 Å². The third kappa shape index (κ3) is 4.27. The van der Waals surface area contributed by atoms with Gasteiger partial charge in [-0.05, 0) is 67.4 Å². The molecule has 150 valence electrons. The Kier molecular flexibility index (Phi) is 5.94. The van der Waals surface area contributed by atoms with E-state index in [1.807, 2.05) is 35.8 Å². The number of carboxylic acid groups (broad SMARTS) is 1. The zero-order valence-electron chi connectivity index (χ0n) is 16.1. The topological polar surface area (TPSA) is 94.6 Å². The van der Waals surface area contributed by atoms with Crippen LogP contribution in [-0.2, 0) is 11.2 Å². The van der Waals surface area contributed by atoms with Crippen LogP contribution in [0.25, 0.3) is 16.9 Å². The second-order valence-electron chi connectivity index (χ2n) is 6.65. The van der Waals surface area contributed by atoms with E-state index in [0.29, 0.717) is 22.8 Å².